The van der Waals surface area contributed by atoms with Crippen molar-refractivity contribution < 1.29 is 9.59 Å². The molecule has 2 aromatic rings. The fraction of sp³-hybridized carbons (Fsp3) is 0.478. The Balaban J connectivity index is 1.39. The SMILES string of the molecule is Cc1ccc(NC(=O)C2CCN(c3ncccc3C(=O)N3CCCCC3)CC2)nc1. The number of nitrogens with zero attached hydrogens (tertiary/aromatic N) is 4. The second-order valence-electron chi connectivity index (χ2n) is 8.20. The Bertz CT molecular complexity index is 885. The van der Waals surface area contributed by atoms with Crippen molar-refractivity contribution in [2.75, 3.05) is 36.4 Å². The summed E-state index contributed by atoms with van der Waals surface area (Å²) >= 11 is 0. The molecule has 1 N–H and O–H groups in total. The molecule has 0 spiro atoms. The van der Waals surface area contributed by atoms with E-state index < -0.39 is 0 Å². The van der Waals surface area contributed by atoms with E-state index in [2.05, 4.69) is 20.2 Å². The fourth-order valence-electron chi connectivity index (χ4n) is 4.21. The van der Waals surface area contributed by atoms with Crippen LogP contribution < -0.4 is 10.2 Å². The molecule has 0 aromatic carbocycles. The first-order valence-corrected chi connectivity index (χ1v) is 10.8. The fourth-order valence-corrected chi connectivity index (χ4v) is 4.21. The number of carbonyl (C=O) groups excluding carboxylic acids is 2. The van der Waals surface area contributed by atoms with E-state index in [-0.39, 0.29) is 17.7 Å². The maximum atomic E-state index is 13.1. The van der Waals surface area contributed by atoms with Gasteiger partial charge >= 0.3 is 0 Å². The third-order valence-corrected chi connectivity index (χ3v) is 5.99. The molecule has 0 radical (unpaired) electrons. The monoisotopic (exact) mass is 407 g/mol. The molecule has 2 aliphatic heterocycles. The number of rotatable bonds is 4. The minimum atomic E-state index is -0.0608. The Labute approximate surface area is 177 Å². The van der Waals surface area contributed by atoms with Crippen molar-refractivity contribution in [1.29, 1.82) is 0 Å². The molecule has 2 fully saturated rings. The maximum Gasteiger partial charge on any atom is 0.257 e. The minimum absolute atomic E-state index is 0.0108. The second kappa shape index (κ2) is 9.24. The number of aryl methyl sites for hydroxylation is 1. The minimum Gasteiger partial charge on any atom is -0.356 e. The number of piperidine rings is 2. The summed E-state index contributed by atoms with van der Waals surface area (Å²) in [4.78, 5) is 38.6. The van der Waals surface area contributed by atoms with Gasteiger partial charge in [0, 0.05) is 44.5 Å². The molecule has 0 bridgehead atoms. The van der Waals surface area contributed by atoms with Gasteiger partial charge in [0.25, 0.3) is 5.91 Å². The smallest absolute Gasteiger partial charge is 0.257 e. The molecule has 2 saturated heterocycles. The largest absolute Gasteiger partial charge is 0.356 e. The van der Waals surface area contributed by atoms with Gasteiger partial charge in [-0.05, 0) is 62.8 Å². The molecular weight excluding hydrogens is 378 g/mol. The molecule has 7 nitrogen and oxygen atoms in total. The van der Waals surface area contributed by atoms with Crippen LogP contribution in [0.25, 0.3) is 0 Å². The van der Waals surface area contributed by atoms with Crippen molar-refractivity contribution in [3.8, 4) is 0 Å². The average molecular weight is 408 g/mol. The first kappa shape index (κ1) is 20.3. The number of carbonyl (C=O) groups is 2. The van der Waals surface area contributed by atoms with Crippen LogP contribution in [-0.2, 0) is 4.79 Å². The predicted octanol–water partition coefficient (Wildman–Crippen LogP) is 3.27. The summed E-state index contributed by atoms with van der Waals surface area (Å²) in [5, 5.41) is 2.92. The van der Waals surface area contributed by atoms with Crippen molar-refractivity contribution >= 4 is 23.5 Å². The number of amides is 2. The Morgan fingerprint density at radius 3 is 2.47 bits per heavy atom. The van der Waals surface area contributed by atoms with Gasteiger partial charge in [-0.25, -0.2) is 9.97 Å². The van der Waals surface area contributed by atoms with Crippen LogP contribution in [0.1, 0.15) is 48.0 Å². The van der Waals surface area contributed by atoms with Gasteiger partial charge in [0.2, 0.25) is 5.91 Å². The lowest BCUT2D eigenvalue weighted by molar-refractivity contribution is -0.120. The highest BCUT2D eigenvalue weighted by molar-refractivity contribution is 5.99. The first-order chi connectivity index (χ1) is 14.6. The second-order valence-corrected chi connectivity index (χ2v) is 8.20. The topological polar surface area (TPSA) is 78.4 Å². The highest BCUT2D eigenvalue weighted by Crippen LogP contribution is 2.27. The van der Waals surface area contributed by atoms with Crippen LogP contribution >= 0.6 is 0 Å². The zero-order valence-electron chi connectivity index (χ0n) is 17.5. The molecule has 0 unspecified atom stereocenters. The Morgan fingerprint density at radius 1 is 1.00 bits per heavy atom. The maximum absolute atomic E-state index is 13.1. The Kier molecular flexibility index (Phi) is 6.26. The summed E-state index contributed by atoms with van der Waals surface area (Å²) in [6.07, 6.45) is 8.27. The van der Waals surface area contributed by atoms with E-state index in [0.717, 1.165) is 50.2 Å². The Morgan fingerprint density at radius 2 is 1.77 bits per heavy atom. The predicted molar refractivity (Wildman–Crippen MR) is 117 cm³/mol. The van der Waals surface area contributed by atoms with Gasteiger partial charge in [-0.2, -0.15) is 0 Å². The van der Waals surface area contributed by atoms with Crippen LogP contribution in [0, 0.1) is 12.8 Å². The average Bonchev–Trinajstić information content (AvgIpc) is 2.81. The van der Waals surface area contributed by atoms with Gasteiger partial charge in [0.15, 0.2) is 0 Å². The first-order valence-electron chi connectivity index (χ1n) is 10.8. The molecule has 7 heteroatoms. The lowest BCUT2D eigenvalue weighted by atomic mass is 9.95. The molecule has 158 valence electrons. The van der Waals surface area contributed by atoms with Crippen molar-refractivity contribution in [2.24, 2.45) is 5.92 Å². The van der Waals surface area contributed by atoms with Crippen LogP contribution in [0.4, 0.5) is 11.6 Å². The van der Waals surface area contributed by atoms with Gasteiger partial charge in [0.1, 0.15) is 11.6 Å². The van der Waals surface area contributed by atoms with E-state index in [0.29, 0.717) is 24.5 Å². The molecule has 4 heterocycles. The van der Waals surface area contributed by atoms with Gasteiger partial charge < -0.3 is 15.1 Å². The highest BCUT2D eigenvalue weighted by atomic mass is 16.2. The van der Waals surface area contributed by atoms with Crippen molar-refractivity contribution in [2.45, 2.75) is 39.0 Å². The lowest BCUT2D eigenvalue weighted by Crippen LogP contribution is -2.41. The number of pyridine rings is 2. The highest BCUT2D eigenvalue weighted by Gasteiger charge is 2.29. The molecule has 0 atom stereocenters. The summed E-state index contributed by atoms with van der Waals surface area (Å²) in [6.45, 7) is 5.02. The lowest BCUT2D eigenvalue weighted by Gasteiger charge is -2.34. The van der Waals surface area contributed by atoms with E-state index in [9.17, 15) is 9.59 Å². The number of nitrogens with one attached hydrogen (secondary N) is 1. The van der Waals surface area contributed by atoms with E-state index in [1.165, 1.54) is 6.42 Å². The molecule has 2 aliphatic rings. The van der Waals surface area contributed by atoms with Crippen LogP contribution in [0.2, 0.25) is 0 Å². The van der Waals surface area contributed by atoms with E-state index in [1.54, 1.807) is 12.4 Å². The molecule has 4 rings (SSSR count). The van der Waals surface area contributed by atoms with Gasteiger partial charge in [-0.15, -0.1) is 0 Å². The summed E-state index contributed by atoms with van der Waals surface area (Å²) in [6, 6.07) is 7.47. The quantitative estimate of drug-likeness (QED) is 0.842. The molecule has 30 heavy (non-hydrogen) atoms. The summed E-state index contributed by atoms with van der Waals surface area (Å²) in [5.41, 5.74) is 1.73. The summed E-state index contributed by atoms with van der Waals surface area (Å²) < 4.78 is 0. The third kappa shape index (κ3) is 4.61. The zero-order valence-corrected chi connectivity index (χ0v) is 17.5. The standard InChI is InChI=1S/C23H29N5O2/c1-17-7-8-20(25-16-17)26-22(29)18-9-14-27(15-10-18)21-19(6-5-11-24-21)23(30)28-12-3-2-4-13-28/h5-8,11,16,18H,2-4,9-10,12-15H2,1H3,(H,25,26,29). The number of hydrogen-bond donors (Lipinski definition) is 1. The van der Waals surface area contributed by atoms with E-state index in [1.807, 2.05) is 36.1 Å². The number of hydrogen-bond acceptors (Lipinski definition) is 5. The van der Waals surface area contributed by atoms with Crippen LogP contribution in [0.15, 0.2) is 36.7 Å². The van der Waals surface area contributed by atoms with E-state index in [4.69, 9.17) is 0 Å². The molecule has 2 aromatic heterocycles. The summed E-state index contributed by atoms with van der Waals surface area (Å²) in [5.74, 6) is 1.35. The van der Waals surface area contributed by atoms with Crippen LogP contribution in [-0.4, -0.2) is 52.9 Å². The normalized spacial score (nSPS) is 17.6. The van der Waals surface area contributed by atoms with Crippen molar-refractivity contribution in [1.82, 2.24) is 14.9 Å². The summed E-state index contributed by atoms with van der Waals surface area (Å²) in [7, 11) is 0. The van der Waals surface area contributed by atoms with Crippen LogP contribution in [0.5, 0.6) is 0 Å². The number of aromatic nitrogens is 2. The molecule has 2 amide bonds. The van der Waals surface area contributed by atoms with E-state index >= 15 is 0 Å². The molecule has 0 saturated carbocycles. The van der Waals surface area contributed by atoms with Gasteiger partial charge in [0.05, 0.1) is 5.56 Å². The zero-order chi connectivity index (χ0) is 20.9. The van der Waals surface area contributed by atoms with Gasteiger partial charge in [-0.1, -0.05) is 6.07 Å². The number of anilines is 2. The number of likely N-dealkylation sites (tertiary alicyclic amines) is 1. The van der Waals surface area contributed by atoms with Crippen LogP contribution in [0.3, 0.4) is 0 Å². The Hall–Kier alpha value is -2.96. The third-order valence-electron chi connectivity index (χ3n) is 5.99. The van der Waals surface area contributed by atoms with Gasteiger partial charge in [-0.3, -0.25) is 9.59 Å². The molecular formula is C23H29N5O2. The molecule has 0 aliphatic carbocycles. The van der Waals surface area contributed by atoms with Crippen molar-refractivity contribution in [3.05, 3.63) is 47.8 Å². The van der Waals surface area contributed by atoms with Crippen molar-refractivity contribution in [3.63, 3.8) is 0 Å².